The predicted octanol–water partition coefficient (Wildman–Crippen LogP) is 5.31. The van der Waals surface area contributed by atoms with Crippen LogP contribution in [-0.4, -0.2) is 21.1 Å². The molecule has 0 aliphatic rings. The quantitative estimate of drug-likeness (QED) is 0.428. The summed E-state index contributed by atoms with van der Waals surface area (Å²) in [5.41, 5.74) is 0.920. The second-order valence-electron chi connectivity index (χ2n) is 4.88. The van der Waals surface area contributed by atoms with E-state index in [-0.39, 0.29) is 5.91 Å². The summed E-state index contributed by atoms with van der Waals surface area (Å²) < 4.78 is 1.75. The van der Waals surface area contributed by atoms with Gasteiger partial charge in [-0.2, -0.15) is 0 Å². The number of fused-ring (bicyclic) bond motifs is 1. The van der Waals surface area contributed by atoms with E-state index in [0.29, 0.717) is 10.0 Å². The van der Waals surface area contributed by atoms with Crippen molar-refractivity contribution < 1.29 is 4.79 Å². The summed E-state index contributed by atoms with van der Waals surface area (Å²) in [6, 6.07) is 11.5. The highest BCUT2D eigenvalue weighted by molar-refractivity contribution is 9.10. The average Bonchev–Trinajstić information content (AvgIpc) is 3.27. The normalized spacial score (nSPS) is 10.9. The first-order chi connectivity index (χ1) is 12.2. The van der Waals surface area contributed by atoms with Crippen LogP contribution in [0.1, 0.15) is 9.67 Å². The molecule has 4 aromatic rings. The summed E-state index contributed by atoms with van der Waals surface area (Å²) in [4.78, 5) is 18.1. The van der Waals surface area contributed by atoms with Gasteiger partial charge in [0.15, 0.2) is 4.34 Å². The highest BCUT2D eigenvalue weighted by atomic mass is 79.9. The maximum atomic E-state index is 12.1. The summed E-state index contributed by atoms with van der Waals surface area (Å²) >= 11 is 7.74. The molecule has 0 aliphatic heterocycles. The number of benzene rings is 1. The Morgan fingerprint density at radius 3 is 2.96 bits per heavy atom. The highest BCUT2D eigenvalue weighted by Gasteiger charge is 2.13. The van der Waals surface area contributed by atoms with Crippen molar-refractivity contribution in [3.05, 3.63) is 57.3 Å². The molecule has 124 valence electrons. The third-order valence-corrected chi connectivity index (χ3v) is 6.56. The summed E-state index contributed by atoms with van der Waals surface area (Å²) in [7, 11) is 0. The zero-order valence-electron chi connectivity index (χ0n) is 12.5. The van der Waals surface area contributed by atoms with Gasteiger partial charge in [-0.3, -0.25) is 15.1 Å². The van der Waals surface area contributed by atoms with Gasteiger partial charge in [0.2, 0.25) is 5.13 Å². The van der Waals surface area contributed by atoms with E-state index in [9.17, 15) is 4.79 Å². The van der Waals surface area contributed by atoms with E-state index in [1.54, 1.807) is 12.3 Å². The first-order valence-corrected chi connectivity index (χ1v) is 10.4. The van der Waals surface area contributed by atoms with Gasteiger partial charge in [-0.25, -0.2) is 0 Å². The minimum atomic E-state index is -0.166. The van der Waals surface area contributed by atoms with Crippen molar-refractivity contribution in [3.63, 3.8) is 0 Å². The molecule has 5 nitrogen and oxygen atoms in total. The van der Waals surface area contributed by atoms with Gasteiger partial charge in [-0.05, 0) is 35.7 Å². The third kappa shape index (κ3) is 3.74. The lowest BCUT2D eigenvalue weighted by Crippen LogP contribution is -2.09. The number of hydrogen-bond acceptors (Lipinski definition) is 7. The molecule has 0 aliphatic carbocycles. The van der Waals surface area contributed by atoms with Gasteiger partial charge < -0.3 is 0 Å². The van der Waals surface area contributed by atoms with Crippen LogP contribution < -0.4 is 5.32 Å². The number of halogens is 1. The fraction of sp³-hybridized carbons (Fsp3) is 0. The molecule has 0 bridgehead atoms. The molecule has 4 rings (SSSR count). The molecule has 0 saturated carbocycles. The Labute approximate surface area is 163 Å². The summed E-state index contributed by atoms with van der Waals surface area (Å²) in [5, 5.41) is 14.4. The molecule has 1 N–H and O–H groups in total. The number of hydrogen-bond donors (Lipinski definition) is 1. The first kappa shape index (κ1) is 16.6. The van der Waals surface area contributed by atoms with Gasteiger partial charge in [-0.1, -0.05) is 45.1 Å². The van der Waals surface area contributed by atoms with Crippen molar-refractivity contribution in [1.82, 2.24) is 15.2 Å². The zero-order valence-corrected chi connectivity index (χ0v) is 16.5. The van der Waals surface area contributed by atoms with E-state index >= 15 is 0 Å². The van der Waals surface area contributed by atoms with Crippen LogP contribution in [0, 0.1) is 0 Å². The number of carbonyl (C=O) groups is 1. The summed E-state index contributed by atoms with van der Waals surface area (Å²) in [6.45, 7) is 0. The van der Waals surface area contributed by atoms with Crippen LogP contribution in [0.15, 0.2) is 61.7 Å². The fourth-order valence-corrected chi connectivity index (χ4v) is 4.94. The lowest BCUT2D eigenvalue weighted by Gasteiger charge is -2.03. The second kappa shape index (κ2) is 7.20. The van der Waals surface area contributed by atoms with Gasteiger partial charge in [0.05, 0.1) is 10.4 Å². The predicted molar refractivity (Wildman–Crippen MR) is 106 cm³/mol. The molecule has 3 heterocycles. The number of nitrogens with zero attached hydrogens (tertiary/aromatic N) is 3. The average molecular weight is 449 g/mol. The third-order valence-electron chi connectivity index (χ3n) is 3.23. The standard InChI is InChI=1S/C16H9BrN4OS3/c17-9-3-4-11-10(8-9)12(5-6-18-11)24-16-21-20-15(25-16)19-14(22)13-2-1-7-23-13/h1-8H,(H,19,20,22). The van der Waals surface area contributed by atoms with Crippen LogP contribution in [-0.2, 0) is 0 Å². The molecule has 0 saturated heterocycles. The molecular formula is C16H9BrN4OS3. The van der Waals surface area contributed by atoms with Crippen molar-refractivity contribution in [3.8, 4) is 0 Å². The van der Waals surface area contributed by atoms with Crippen LogP contribution in [0.4, 0.5) is 5.13 Å². The molecule has 0 spiro atoms. The van der Waals surface area contributed by atoms with Gasteiger partial charge >= 0.3 is 0 Å². The molecule has 1 aromatic carbocycles. The van der Waals surface area contributed by atoms with Crippen LogP contribution >= 0.6 is 50.4 Å². The van der Waals surface area contributed by atoms with Crippen molar-refractivity contribution >= 4 is 72.3 Å². The highest BCUT2D eigenvalue weighted by Crippen LogP contribution is 2.36. The molecule has 0 fully saturated rings. The van der Waals surface area contributed by atoms with E-state index in [1.165, 1.54) is 34.4 Å². The molecular weight excluding hydrogens is 440 g/mol. The molecule has 3 aromatic heterocycles. The number of nitrogens with one attached hydrogen (secondary N) is 1. The molecule has 25 heavy (non-hydrogen) atoms. The van der Waals surface area contributed by atoms with Crippen molar-refractivity contribution in [2.45, 2.75) is 9.24 Å². The molecule has 0 unspecified atom stereocenters. The minimum absolute atomic E-state index is 0.166. The molecule has 0 atom stereocenters. The van der Waals surface area contributed by atoms with Crippen molar-refractivity contribution in [2.75, 3.05) is 5.32 Å². The zero-order chi connectivity index (χ0) is 17.2. The largest absolute Gasteiger partial charge is 0.296 e. The Bertz CT molecular complexity index is 1050. The summed E-state index contributed by atoms with van der Waals surface area (Å²) in [6.07, 6.45) is 1.78. The van der Waals surface area contributed by atoms with E-state index in [1.807, 2.05) is 35.7 Å². The number of thiophene rings is 1. The molecule has 9 heteroatoms. The second-order valence-corrected chi connectivity index (χ2v) is 9.01. The van der Waals surface area contributed by atoms with Crippen LogP contribution in [0.3, 0.4) is 0 Å². The number of pyridine rings is 1. The lowest BCUT2D eigenvalue weighted by molar-refractivity contribution is 0.103. The van der Waals surface area contributed by atoms with Crippen LogP contribution in [0.2, 0.25) is 0 Å². The monoisotopic (exact) mass is 448 g/mol. The van der Waals surface area contributed by atoms with E-state index in [2.05, 4.69) is 36.4 Å². The van der Waals surface area contributed by atoms with Crippen molar-refractivity contribution in [1.29, 1.82) is 0 Å². The minimum Gasteiger partial charge on any atom is -0.296 e. The van der Waals surface area contributed by atoms with Crippen LogP contribution in [0.25, 0.3) is 10.9 Å². The fourth-order valence-electron chi connectivity index (χ4n) is 2.14. The number of anilines is 1. The summed E-state index contributed by atoms with van der Waals surface area (Å²) in [5.74, 6) is -0.166. The Kier molecular flexibility index (Phi) is 4.80. The number of aromatic nitrogens is 3. The number of carbonyl (C=O) groups excluding carboxylic acids is 1. The Morgan fingerprint density at radius 2 is 2.12 bits per heavy atom. The lowest BCUT2D eigenvalue weighted by atomic mass is 10.2. The van der Waals surface area contributed by atoms with E-state index in [0.717, 1.165) is 24.6 Å². The number of rotatable bonds is 4. The first-order valence-electron chi connectivity index (χ1n) is 7.09. The van der Waals surface area contributed by atoms with E-state index in [4.69, 9.17) is 0 Å². The van der Waals surface area contributed by atoms with E-state index < -0.39 is 0 Å². The topological polar surface area (TPSA) is 67.8 Å². The molecule has 0 radical (unpaired) electrons. The Hall–Kier alpha value is -1.81. The maximum Gasteiger partial charge on any atom is 0.267 e. The van der Waals surface area contributed by atoms with Crippen LogP contribution in [0.5, 0.6) is 0 Å². The Balaban J connectivity index is 1.55. The van der Waals surface area contributed by atoms with Gasteiger partial charge in [0.1, 0.15) is 0 Å². The SMILES string of the molecule is O=C(Nc1nnc(Sc2ccnc3ccc(Br)cc23)s1)c1cccs1. The van der Waals surface area contributed by atoms with Gasteiger partial charge in [-0.15, -0.1) is 21.5 Å². The smallest absolute Gasteiger partial charge is 0.267 e. The van der Waals surface area contributed by atoms with Gasteiger partial charge in [0.25, 0.3) is 5.91 Å². The van der Waals surface area contributed by atoms with Gasteiger partial charge in [0, 0.05) is 21.0 Å². The van der Waals surface area contributed by atoms with Crippen molar-refractivity contribution in [2.24, 2.45) is 0 Å². The molecule has 1 amide bonds. The maximum absolute atomic E-state index is 12.1. The Morgan fingerprint density at radius 1 is 1.20 bits per heavy atom. The number of amides is 1.